The van der Waals surface area contributed by atoms with Gasteiger partial charge in [0.2, 0.25) is 5.75 Å². The quantitative estimate of drug-likeness (QED) is 0.327. The second-order valence-corrected chi connectivity index (χ2v) is 5.90. The normalized spacial score (nSPS) is 10.8. The molecule has 0 aliphatic heterocycles. The third kappa shape index (κ3) is 4.36. The first-order chi connectivity index (χ1) is 13.4. The van der Waals surface area contributed by atoms with E-state index in [-0.39, 0.29) is 11.4 Å². The molecule has 0 radical (unpaired) electrons. The minimum Gasteiger partial charge on any atom is -0.449 e. The van der Waals surface area contributed by atoms with Crippen LogP contribution in [0.2, 0.25) is 0 Å². The van der Waals surface area contributed by atoms with Crippen LogP contribution in [0.15, 0.2) is 71.7 Å². The van der Waals surface area contributed by atoms with Crippen molar-refractivity contribution in [3.8, 4) is 11.5 Å². The summed E-state index contributed by atoms with van der Waals surface area (Å²) in [4.78, 5) is 25.1. The zero-order chi connectivity index (χ0) is 20.1. The van der Waals surface area contributed by atoms with E-state index in [0.29, 0.717) is 11.3 Å². The summed E-state index contributed by atoms with van der Waals surface area (Å²) in [7, 11) is 0. The van der Waals surface area contributed by atoms with Crippen molar-refractivity contribution in [2.75, 3.05) is 0 Å². The van der Waals surface area contributed by atoms with Gasteiger partial charge in [-0.1, -0.05) is 29.8 Å². The highest BCUT2D eigenvalue weighted by atomic mass is 16.6. The highest BCUT2D eigenvalue weighted by molar-refractivity contribution is 5.85. The first-order valence-corrected chi connectivity index (χ1v) is 8.24. The zero-order valence-corrected chi connectivity index (χ0v) is 14.8. The van der Waals surface area contributed by atoms with Crippen molar-refractivity contribution < 1.29 is 14.6 Å². The van der Waals surface area contributed by atoms with Crippen LogP contribution in [0.4, 0.5) is 17.1 Å². The number of hydrogen-bond acceptors (Lipinski definition) is 6. The Hall–Kier alpha value is -4.07. The molecular formula is C20H15N3O5. The summed E-state index contributed by atoms with van der Waals surface area (Å²) < 4.78 is 5.69. The van der Waals surface area contributed by atoms with Crippen LogP contribution in [0.5, 0.6) is 11.5 Å². The highest BCUT2D eigenvalue weighted by Gasteiger charge is 2.21. The molecule has 0 spiro atoms. The van der Waals surface area contributed by atoms with E-state index >= 15 is 0 Å². The number of benzene rings is 3. The summed E-state index contributed by atoms with van der Waals surface area (Å²) >= 11 is 0. The Balaban J connectivity index is 1.92. The van der Waals surface area contributed by atoms with Crippen molar-refractivity contribution in [1.82, 2.24) is 0 Å². The van der Waals surface area contributed by atoms with Crippen LogP contribution in [-0.2, 0) is 0 Å². The van der Waals surface area contributed by atoms with E-state index in [1.54, 1.807) is 30.5 Å². The third-order valence-electron chi connectivity index (χ3n) is 3.88. The number of nitrogens with zero attached hydrogens (tertiary/aromatic N) is 3. The van der Waals surface area contributed by atoms with Crippen molar-refractivity contribution in [3.05, 3.63) is 98.1 Å². The molecule has 8 nitrogen and oxygen atoms in total. The van der Waals surface area contributed by atoms with E-state index in [4.69, 9.17) is 4.74 Å². The van der Waals surface area contributed by atoms with E-state index in [2.05, 4.69) is 4.99 Å². The molecule has 3 rings (SSSR count). The van der Waals surface area contributed by atoms with E-state index in [9.17, 15) is 20.2 Å². The molecule has 0 unspecified atom stereocenters. The van der Waals surface area contributed by atoms with Crippen molar-refractivity contribution in [3.63, 3.8) is 0 Å². The van der Waals surface area contributed by atoms with Gasteiger partial charge in [-0.15, -0.1) is 0 Å². The molecule has 0 aliphatic rings. The Morgan fingerprint density at radius 1 is 0.893 bits per heavy atom. The molecule has 0 saturated heterocycles. The van der Waals surface area contributed by atoms with Gasteiger partial charge in [0.15, 0.2) is 0 Å². The molecule has 0 aliphatic carbocycles. The maximum absolute atomic E-state index is 11.3. The molecule has 3 aromatic carbocycles. The van der Waals surface area contributed by atoms with E-state index < -0.39 is 15.5 Å². The standard InChI is InChI=1S/C20H15N3O5/c1-14-6-8-16(9-7-14)21-13-15-4-2-3-5-19(15)28-20-11-10-17(22(24)25)12-18(20)23(26)27/h2-13H,1H3. The van der Waals surface area contributed by atoms with Gasteiger partial charge >= 0.3 is 5.69 Å². The minimum absolute atomic E-state index is 0.0909. The second kappa shape index (κ2) is 8.09. The molecule has 0 atom stereocenters. The molecule has 0 amide bonds. The van der Waals surface area contributed by atoms with E-state index in [0.717, 1.165) is 23.4 Å². The number of nitro groups is 2. The average molecular weight is 377 g/mol. The lowest BCUT2D eigenvalue weighted by Gasteiger charge is -2.09. The van der Waals surface area contributed by atoms with Gasteiger partial charge in [-0.2, -0.15) is 0 Å². The molecule has 3 aromatic rings. The van der Waals surface area contributed by atoms with Gasteiger partial charge in [0, 0.05) is 17.8 Å². The van der Waals surface area contributed by atoms with Crippen molar-refractivity contribution in [2.24, 2.45) is 4.99 Å². The lowest BCUT2D eigenvalue weighted by atomic mass is 10.2. The summed E-state index contributed by atoms with van der Waals surface area (Å²) in [5.74, 6) is 0.252. The van der Waals surface area contributed by atoms with E-state index in [1.165, 1.54) is 6.07 Å². The molecule has 140 valence electrons. The smallest absolute Gasteiger partial charge is 0.318 e. The van der Waals surface area contributed by atoms with Gasteiger partial charge in [-0.05, 0) is 37.3 Å². The second-order valence-electron chi connectivity index (χ2n) is 5.90. The molecular weight excluding hydrogens is 362 g/mol. The van der Waals surface area contributed by atoms with Gasteiger partial charge in [-0.25, -0.2) is 0 Å². The number of aliphatic imine (C=N–C) groups is 1. The lowest BCUT2D eigenvalue weighted by molar-refractivity contribution is -0.394. The molecule has 0 bridgehead atoms. The van der Waals surface area contributed by atoms with Gasteiger partial charge in [0.25, 0.3) is 5.69 Å². The average Bonchev–Trinajstić information content (AvgIpc) is 2.68. The van der Waals surface area contributed by atoms with Crippen LogP contribution in [0.25, 0.3) is 0 Å². The lowest BCUT2D eigenvalue weighted by Crippen LogP contribution is -1.97. The Morgan fingerprint density at radius 2 is 1.61 bits per heavy atom. The first kappa shape index (κ1) is 18.7. The highest BCUT2D eigenvalue weighted by Crippen LogP contribution is 2.35. The summed E-state index contributed by atoms with van der Waals surface area (Å²) in [5.41, 5.74) is 1.61. The summed E-state index contributed by atoms with van der Waals surface area (Å²) in [6.45, 7) is 1.98. The van der Waals surface area contributed by atoms with Crippen LogP contribution in [0.3, 0.4) is 0 Å². The number of aryl methyl sites for hydroxylation is 1. The van der Waals surface area contributed by atoms with E-state index in [1.807, 2.05) is 31.2 Å². The molecule has 0 N–H and O–H groups in total. The Bertz CT molecular complexity index is 1060. The number of ether oxygens (including phenoxy) is 1. The molecule has 0 fully saturated rings. The predicted octanol–water partition coefficient (Wildman–Crippen LogP) is 5.35. The van der Waals surface area contributed by atoms with Crippen molar-refractivity contribution in [2.45, 2.75) is 6.92 Å². The summed E-state index contributed by atoms with van der Waals surface area (Å²) in [6.07, 6.45) is 1.59. The molecule has 8 heteroatoms. The monoisotopic (exact) mass is 377 g/mol. The van der Waals surface area contributed by atoms with Crippen LogP contribution in [0.1, 0.15) is 11.1 Å². The fraction of sp³-hybridized carbons (Fsp3) is 0.0500. The minimum atomic E-state index is -0.717. The Labute approximate surface area is 160 Å². The maximum atomic E-state index is 11.3. The van der Waals surface area contributed by atoms with Crippen LogP contribution >= 0.6 is 0 Å². The third-order valence-corrected chi connectivity index (χ3v) is 3.88. The van der Waals surface area contributed by atoms with Gasteiger partial charge in [-0.3, -0.25) is 25.2 Å². The fourth-order valence-corrected chi connectivity index (χ4v) is 2.42. The molecule has 28 heavy (non-hydrogen) atoms. The summed E-state index contributed by atoms with van der Waals surface area (Å²) in [5, 5.41) is 22.2. The van der Waals surface area contributed by atoms with Gasteiger partial charge in [0.1, 0.15) is 5.75 Å². The fourth-order valence-electron chi connectivity index (χ4n) is 2.42. The van der Waals surface area contributed by atoms with Gasteiger partial charge < -0.3 is 4.74 Å². The Morgan fingerprint density at radius 3 is 2.29 bits per heavy atom. The zero-order valence-electron chi connectivity index (χ0n) is 14.8. The molecule has 0 saturated carbocycles. The van der Waals surface area contributed by atoms with Crippen molar-refractivity contribution >= 4 is 23.3 Å². The van der Waals surface area contributed by atoms with Crippen LogP contribution in [0, 0.1) is 27.2 Å². The molecule has 0 heterocycles. The Kier molecular flexibility index (Phi) is 5.40. The topological polar surface area (TPSA) is 108 Å². The largest absolute Gasteiger partial charge is 0.449 e. The van der Waals surface area contributed by atoms with Crippen LogP contribution < -0.4 is 4.74 Å². The molecule has 0 aromatic heterocycles. The first-order valence-electron chi connectivity index (χ1n) is 8.24. The number of para-hydroxylation sites is 1. The predicted molar refractivity (Wildman–Crippen MR) is 105 cm³/mol. The number of non-ortho nitro benzene ring substituents is 1. The number of nitro benzene ring substituents is 2. The van der Waals surface area contributed by atoms with Crippen molar-refractivity contribution in [1.29, 1.82) is 0 Å². The SMILES string of the molecule is Cc1ccc(N=Cc2ccccc2Oc2ccc([N+](=O)[O-])cc2[N+](=O)[O-])cc1. The van der Waals surface area contributed by atoms with Gasteiger partial charge in [0.05, 0.1) is 21.6 Å². The summed E-state index contributed by atoms with van der Waals surface area (Å²) in [6, 6.07) is 17.8. The number of rotatable bonds is 6. The maximum Gasteiger partial charge on any atom is 0.318 e. The number of hydrogen-bond donors (Lipinski definition) is 0. The van der Waals surface area contributed by atoms with Crippen LogP contribution in [-0.4, -0.2) is 16.1 Å².